The van der Waals surface area contributed by atoms with Crippen molar-refractivity contribution in [1.82, 2.24) is 4.98 Å². The van der Waals surface area contributed by atoms with Crippen LogP contribution >= 0.6 is 11.3 Å². The third kappa shape index (κ3) is 4.43. The molecule has 4 heteroatoms. The molecule has 1 unspecified atom stereocenters. The highest BCUT2D eigenvalue weighted by Gasteiger charge is 2.14. The van der Waals surface area contributed by atoms with Crippen LogP contribution in [0.15, 0.2) is 60.0 Å². The van der Waals surface area contributed by atoms with Gasteiger partial charge in [-0.05, 0) is 36.6 Å². The first-order valence-corrected chi connectivity index (χ1v) is 9.00. The van der Waals surface area contributed by atoms with Crippen LogP contribution in [0.1, 0.15) is 27.7 Å². The lowest BCUT2D eigenvalue weighted by molar-refractivity contribution is 0.306. The third-order valence-electron chi connectivity index (χ3n) is 3.90. The van der Waals surface area contributed by atoms with Crippen molar-refractivity contribution in [3.8, 4) is 5.75 Å². The van der Waals surface area contributed by atoms with Crippen LogP contribution in [-0.4, -0.2) is 11.5 Å². The molecule has 0 saturated heterocycles. The number of ether oxygens (including phenoxy) is 1. The average molecular weight is 338 g/mol. The zero-order valence-corrected chi connectivity index (χ0v) is 14.6. The second-order valence-electron chi connectivity index (χ2n) is 5.89. The average Bonchev–Trinajstić information content (AvgIpc) is 3.05. The number of aryl methyl sites for hydroxylation is 1. The van der Waals surface area contributed by atoms with Crippen LogP contribution in [0.4, 0.5) is 0 Å². The summed E-state index contributed by atoms with van der Waals surface area (Å²) in [5, 5.41) is 3.20. The van der Waals surface area contributed by atoms with Crippen molar-refractivity contribution < 1.29 is 4.74 Å². The number of rotatable bonds is 7. The van der Waals surface area contributed by atoms with Crippen LogP contribution in [0.3, 0.4) is 0 Å². The molecule has 0 saturated carbocycles. The van der Waals surface area contributed by atoms with Crippen molar-refractivity contribution in [1.29, 1.82) is 0 Å². The van der Waals surface area contributed by atoms with Gasteiger partial charge in [0.1, 0.15) is 12.4 Å². The van der Waals surface area contributed by atoms with E-state index in [0.29, 0.717) is 13.2 Å². The van der Waals surface area contributed by atoms with Gasteiger partial charge in [0, 0.05) is 23.5 Å². The molecule has 0 fully saturated rings. The van der Waals surface area contributed by atoms with Gasteiger partial charge in [-0.1, -0.05) is 42.5 Å². The summed E-state index contributed by atoms with van der Waals surface area (Å²) in [5.41, 5.74) is 9.43. The van der Waals surface area contributed by atoms with Gasteiger partial charge in [0.2, 0.25) is 0 Å². The second kappa shape index (κ2) is 8.08. The molecule has 2 N–H and O–H groups in total. The van der Waals surface area contributed by atoms with Gasteiger partial charge in [-0.2, -0.15) is 0 Å². The van der Waals surface area contributed by atoms with Crippen molar-refractivity contribution in [2.75, 3.05) is 6.54 Å². The van der Waals surface area contributed by atoms with Crippen molar-refractivity contribution in [3.05, 3.63) is 81.8 Å². The molecular formula is C20H22N2OS. The van der Waals surface area contributed by atoms with E-state index in [-0.39, 0.29) is 5.92 Å². The smallest absolute Gasteiger partial charge is 0.120 e. The third-order valence-corrected chi connectivity index (χ3v) is 5.02. The molecule has 24 heavy (non-hydrogen) atoms. The Bertz CT molecular complexity index is 770. The summed E-state index contributed by atoms with van der Waals surface area (Å²) in [6.45, 7) is 3.20. The van der Waals surface area contributed by atoms with Crippen LogP contribution in [0.2, 0.25) is 0 Å². The molecule has 3 rings (SSSR count). The highest BCUT2D eigenvalue weighted by atomic mass is 32.1. The highest BCUT2D eigenvalue weighted by molar-refractivity contribution is 7.09. The molecule has 3 nitrogen and oxygen atoms in total. The first-order valence-electron chi connectivity index (χ1n) is 8.12. The van der Waals surface area contributed by atoms with Crippen LogP contribution in [0.5, 0.6) is 5.75 Å². The molecule has 0 amide bonds. The molecule has 0 bridgehead atoms. The SMILES string of the molecule is Cc1csc(C(CN)Cc2cccc(OCc3ccccc3)c2)n1. The lowest BCUT2D eigenvalue weighted by atomic mass is 10.00. The molecule has 0 spiro atoms. The summed E-state index contributed by atoms with van der Waals surface area (Å²) in [6.07, 6.45) is 0.881. The first kappa shape index (κ1) is 16.7. The lowest BCUT2D eigenvalue weighted by Gasteiger charge is -2.13. The van der Waals surface area contributed by atoms with Crippen LogP contribution in [0.25, 0.3) is 0 Å². The van der Waals surface area contributed by atoms with Gasteiger partial charge in [0.25, 0.3) is 0 Å². The van der Waals surface area contributed by atoms with Gasteiger partial charge < -0.3 is 10.5 Å². The van der Waals surface area contributed by atoms with E-state index in [4.69, 9.17) is 10.5 Å². The van der Waals surface area contributed by atoms with E-state index < -0.39 is 0 Å². The Balaban J connectivity index is 1.66. The summed E-state index contributed by atoms with van der Waals surface area (Å²) in [7, 11) is 0. The van der Waals surface area contributed by atoms with E-state index in [0.717, 1.165) is 22.9 Å². The summed E-state index contributed by atoms with van der Waals surface area (Å²) in [5.74, 6) is 1.15. The summed E-state index contributed by atoms with van der Waals surface area (Å²) in [6, 6.07) is 18.5. The van der Waals surface area contributed by atoms with Gasteiger partial charge in [0.05, 0.1) is 5.01 Å². The Morgan fingerprint density at radius 1 is 1.08 bits per heavy atom. The Hall–Kier alpha value is -2.17. The van der Waals surface area contributed by atoms with E-state index in [1.165, 1.54) is 11.1 Å². The Kier molecular flexibility index (Phi) is 5.62. The minimum Gasteiger partial charge on any atom is -0.489 e. The molecule has 0 aliphatic heterocycles. The number of nitrogens with zero attached hydrogens (tertiary/aromatic N) is 1. The molecule has 1 heterocycles. The molecule has 0 radical (unpaired) electrons. The first-order chi connectivity index (χ1) is 11.7. The van der Waals surface area contributed by atoms with Crippen molar-refractivity contribution in [2.24, 2.45) is 5.73 Å². The largest absolute Gasteiger partial charge is 0.489 e. The zero-order chi connectivity index (χ0) is 16.8. The van der Waals surface area contributed by atoms with Crippen molar-refractivity contribution in [2.45, 2.75) is 25.9 Å². The van der Waals surface area contributed by atoms with E-state index >= 15 is 0 Å². The highest BCUT2D eigenvalue weighted by Crippen LogP contribution is 2.25. The maximum Gasteiger partial charge on any atom is 0.120 e. The Morgan fingerprint density at radius 3 is 2.58 bits per heavy atom. The lowest BCUT2D eigenvalue weighted by Crippen LogP contribution is -2.15. The van der Waals surface area contributed by atoms with Gasteiger partial charge >= 0.3 is 0 Å². The normalized spacial score (nSPS) is 12.1. The van der Waals surface area contributed by atoms with Crippen LogP contribution in [-0.2, 0) is 13.0 Å². The van der Waals surface area contributed by atoms with Crippen molar-refractivity contribution >= 4 is 11.3 Å². The molecule has 3 aromatic rings. The van der Waals surface area contributed by atoms with Crippen LogP contribution in [0, 0.1) is 6.92 Å². The number of aromatic nitrogens is 1. The minimum atomic E-state index is 0.257. The fraction of sp³-hybridized carbons (Fsp3) is 0.250. The second-order valence-corrected chi connectivity index (χ2v) is 6.78. The molecule has 2 aromatic carbocycles. The molecular weight excluding hydrogens is 316 g/mol. The van der Waals surface area contributed by atoms with E-state index in [1.807, 2.05) is 37.3 Å². The van der Waals surface area contributed by atoms with E-state index in [9.17, 15) is 0 Å². The predicted octanol–water partition coefficient (Wildman–Crippen LogP) is 4.32. The number of benzene rings is 2. The molecule has 1 atom stereocenters. The maximum absolute atomic E-state index is 5.97. The standard InChI is InChI=1S/C20H22N2OS/c1-15-14-24-20(22-15)18(12-21)10-17-8-5-9-19(11-17)23-13-16-6-3-2-4-7-16/h2-9,11,14,18H,10,12-13,21H2,1H3. The molecule has 0 aliphatic carbocycles. The fourth-order valence-electron chi connectivity index (χ4n) is 2.62. The van der Waals surface area contributed by atoms with Gasteiger partial charge in [0.15, 0.2) is 0 Å². The quantitative estimate of drug-likeness (QED) is 0.698. The predicted molar refractivity (Wildman–Crippen MR) is 99.6 cm³/mol. The summed E-state index contributed by atoms with van der Waals surface area (Å²) < 4.78 is 5.91. The fourth-order valence-corrected chi connectivity index (χ4v) is 3.53. The van der Waals surface area contributed by atoms with Crippen LogP contribution < -0.4 is 10.5 Å². The summed E-state index contributed by atoms with van der Waals surface area (Å²) in [4.78, 5) is 4.58. The molecule has 0 aliphatic rings. The van der Waals surface area contributed by atoms with Crippen molar-refractivity contribution in [3.63, 3.8) is 0 Å². The minimum absolute atomic E-state index is 0.257. The number of thiazole rings is 1. The number of hydrogen-bond donors (Lipinski definition) is 1. The zero-order valence-electron chi connectivity index (χ0n) is 13.8. The molecule has 124 valence electrons. The molecule has 1 aromatic heterocycles. The maximum atomic E-state index is 5.97. The monoisotopic (exact) mass is 338 g/mol. The van der Waals surface area contributed by atoms with E-state index in [2.05, 4.69) is 34.6 Å². The Morgan fingerprint density at radius 2 is 1.88 bits per heavy atom. The number of hydrogen-bond acceptors (Lipinski definition) is 4. The van der Waals surface area contributed by atoms with Gasteiger partial charge in [-0.25, -0.2) is 4.98 Å². The topological polar surface area (TPSA) is 48.1 Å². The van der Waals surface area contributed by atoms with Gasteiger partial charge in [-0.3, -0.25) is 0 Å². The van der Waals surface area contributed by atoms with Gasteiger partial charge in [-0.15, -0.1) is 11.3 Å². The van der Waals surface area contributed by atoms with E-state index in [1.54, 1.807) is 11.3 Å². The number of nitrogens with two attached hydrogens (primary N) is 1. The Labute approximate surface area is 147 Å². The summed E-state index contributed by atoms with van der Waals surface area (Å²) >= 11 is 1.69.